The zero-order chi connectivity index (χ0) is 57.4. The van der Waals surface area contributed by atoms with E-state index in [4.69, 9.17) is 23.7 Å². The van der Waals surface area contributed by atoms with E-state index in [0.717, 1.165) is 117 Å². The van der Waals surface area contributed by atoms with Crippen LogP contribution in [0.25, 0.3) is 0 Å². The van der Waals surface area contributed by atoms with Crippen molar-refractivity contribution in [1.82, 2.24) is 37.2 Å². The molecule has 72 heavy (non-hydrogen) atoms. The van der Waals surface area contributed by atoms with Crippen LogP contribution in [0.1, 0.15) is 233 Å². The van der Waals surface area contributed by atoms with Gasteiger partial charge in [-0.05, 0) is 201 Å². The van der Waals surface area contributed by atoms with Crippen LogP contribution in [0.5, 0.6) is 0 Å². The van der Waals surface area contributed by atoms with Crippen LogP contribution < -0.4 is 37.2 Å². The minimum atomic E-state index is 0.173. The highest BCUT2D eigenvalue weighted by molar-refractivity contribution is 4.75. The van der Waals surface area contributed by atoms with Crippen LogP contribution in [0.4, 0.5) is 0 Å². The van der Waals surface area contributed by atoms with E-state index in [1.807, 2.05) is 0 Å². The molecule has 0 saturated carbocycles. The van der Waals surface area contributed by atoms with Crippen molar-refractivity contribution in [1.29, 1.82) is 0 Å². The van der Waals surface area contributed by atoms with Crippen molar-refractivity contribution < 1.29 is 23.7 Å². The summed E-state index contributed by atoms with van der Waals surface area (Å²) in [5.41, 5.74) is 2.26. The van der Waals surface area contributed by atoms with Gasteiger partial charge in [0.25, 0.3) is 0 Å². The maximum Gasteiger partial charge on any atom is 0.0701 e. The average molecular weight is 1040 g/mol. The summed E-state index contributed by atoms with van der Waals surface area (Å²) in [4.78, 5) is 0. The monoisotopic (exact) mass is 1040 g/mol. The molecule has 0 spiro atoms. The van der Waals surface area contributed by atoms with Crippen molar-refractivity contribution >= 4 is 0 Å². The summed E-state index contributed by atoms with van der Waals surface area (Å²) in [6.45, 7) is 76.9. The fourth-order valence-corrected chi connectivity index (χ4v) is 5.20. The lowest BCUT2D eigenvalue weighted by Gasteiger charge is -2.26. The zero-order valence-electron chi connectivity index (χ0n) is 54.5. The van der Waals surface area contributed by atoms with Crippen LogP contribution in [0, 0.1) is 16.7 Å². The summed E-state index contributed by atoms with van der Waals surface area (Å²) < 4.78 is 27.6. The van der Waals surface area contributed by atoms with Gasteiger partial charge in [-0.15, -0.1) is 0 Å². The number of rotatable bonds is 29. The van der Waals surface area contributed by atoms with Gasteiger partial charge in [0.2, 0.25) is 0 Å². The van der Waals surface area contributed by atoms with Crippen LogP contribution in [0.2, 0.25) is 0 Å². The lowest BCUT2D eigenvalue weighted by molar-refractivity contribution is 0.0386. The molecule has 0 aromatic heterocycles. The van der Waals surface area contributed by atoms with Gasteiger partial charge in [-0.1, -0.05) is 61.8 Å². The summed E-state index contributed by atoms with van der Waals surface area (Å²) >= 11 is 0. The van der Waals surface area contributed by atoms with Gasteiger partial charge in [0.1, 0.15) is 0 Å². The van der Waals surface area contributed by atoms with E-state index in [2.05, 4.69) is 238 Å². The molecule has 0 saturated heterocycles. The van der Waals surface area contributed by atoms with E-state index in [0.29, 0.717) is 24.0 Å². The van der Waals surface area contributed by atoms with E-state index in [1.165, 1.54) is 12.8 Å². The molecule has 0 heterocycles. The average Bonchev–Trinajstić information content (AvgIpc) is 3.13. The first kappa shape index (κ1) is 80.4. The third-order valence-electron chi connectivity index (χ3n) is 9.31. The van der Waals surface area contributed by atoms with Crippen LogP contribution in [-0.4, -0.2) is 144 Å². The Hall–Kier alpha value is -0.480. The molecule has 0 unspecified atom stereocenters. The van der Waals surface area contributed by atoms with E-state index in [9.17, 15) is 0 Å². The van der Waals surface area contributed by atoms with Crippen molar-refractivity contribution in [3.8, 4) is 0 Å². The van der Waals surface area contributed by atoms with E-state index >= 15 is 0 Å². The third kappa shape index (κ3) is 102. The smallest absolute Gasteiger partial charge is 0.0701 e. The highest BCUT2D eigenvalue weighted by Crippen LogP contribution is 2.21. The molecule has 12 nitrogen and oxygen atoms in total. The Morgan fingerprint density at radius 3 is 0.833 bits per heavy atom. The Labute approximate surface area is 453 Å². The summed E-state index contributed by atoms with van der Waals surface area (Å²) in [6, 6.07) is 0. The summed E-state index contributed by atoms with van der Waals surface area (Å²) in [6.07, 6.45) is 5.84. The molecule has 7 N–H and O–H groups in total. The van der Waals surface area contributed by atoms with Gasteiger partial charge < -0.3 is 50.3 Å². The summed E-state index contributed by atoms with van der Waals surface area (Å²) in [7, 11) is 0. The van der Waals surface area contributed by atoms with Crippen molar-refractivity contribution in [3.63, 3.8) is 0 Å². The van der Waals surface area contributed by atoms with Crippen molar-refractivity contribution in [2.45, 2.75) is 272 Å². The third-order valence-corrected chi connectivity index (χ3v) is 9.31. The molecular formula is C60H137N7O5. The predicted molar refractivity (Wildman–Crippen MR) is 320 cm³/mol. The van der Waals surface area contributed by atoms with Crippen LogP contribution in [0.3, 0.4) is 0 Å². The molecule has 0 aromatic carbocycles. The molecular weight excluding hydrogens is 899 g/mol. The summed E-state index contributed by atoms with van der Waals surface area (Å²) in [5.74, 6) is 0.754. The maximum absolute atomic E-state index is 5.57. The maximum atomic E-state index is 5.57. The minimum absolute atomic E-state index is 0.173. The molecule has 0 rings (SSSR count). The van der Waals surface area contributed by atoms with Gasteiger partial charge in [0.15, 0.2) is 0 Å². The zero-order valence-corrected chi connectivity index (χ0v) is 54.5. The van der Waals surface area contributed by atoms with Crippen molar-refractivity contribution in [3.05, 3.63) is 0 Å². The Morgan fingerprint density at radius 2 is 0.542 bits per heavy atom. The van der Waals surface area contributed by atoms with Gasteiger partial charge in [0, 0.05) is 84.9 Å². The molecule has 442 valence electrons. The molecule has 0 aliphatic carbocycles. The molecule has 0 aromatic rings. The Morgan fingerprint density at radius 1 is 0.264 bits per heavy atom. The fourth-order valence-electron chi connectivity index (χ4n) is 5.20. The van der Waals surface area contributed by atoms with Gasteiger partial charge in [-0.3, -0.25) is 10.6 Å². The van der Waals surface area contributed by atoms with E-state index < -0.39 is 0 Å². The molecule has 0 bridgehead atoms. The SMILES string of the molecule is CC(C)(C)CCCCOCCOCCCNC(C)(C)C.CC(C)(C)CCOCCOCCNC(C)(C)C.CC(C)(C)NCCOCCNC(C)(C)C.CC(C)(C)NCNC(C)(C)C.CC(C)CNC(C)(C)C. The van der Waals surface area contributed by atoms with Crippen LogP contribution in [0.15, 0.2) is 0 Å². The first-order valence-corrected chi connectivity index (χ1v) is 28.4. The first-order chi connectivity index (χ1) is 32.2. The Balaban J connectivity index is -0.000000266. The second-order valence-corrected chi connectivity index (χ2v) is 29.5. The normalized spacial score (nSPS) is 13.1. The Bertz CT molecular complexity index is 1060. The number of ether oxygens (including phenoxy) is 5. The number of unbranched alkanes of at least 4 members (excludes halogenated alkanes) is 1. The summed E-state index contributed by atoms with van der Waals surface area (Å²) in [5, 5.41) is 23.7. The fraction of sp³-hybridized carbons (Fsp3) is 1.00. The number of hydrogen-bond donors (Lipinski definition) is 7. The second kappa shape index (κ2) is 42.5. The van der Waals surface area contributed by atoms with Crippen LogP contribution >= 0.6 is 0 Å². The highest BCUT2D eigenvalue weighted by Gasteiger charge is 2.14. The van der Waals surface area contributed by atoms with E-state index in [-0.39, 0.29) is 38.8 Å². The quantitative estimate of drug-likeness (QED) is 0.0284. The second-order valence-electron chi connectivity index (χ2n) is 29.5. The van der Waals surface area contributed by atoms with Crippen molar-refractivity contribution in [2.75, 3.05) is 105 Å². The molecule has 0 aliphatic rings. The molecule has 0 radical (unpaired) electrons. The molecule has 0 atom stereocenters. The Kier molecular flexibility index (Phi) is 47.5. The topological polar surface area (TPSA) is 130 Å². The lowest BCUT2D eigenvalue weighted by atomic mass is 9.90. The first-order valence-electron chi connectivity index (χ1n) is 28.4. The van der Waals surface area contributed by atoms with Gasteiger partial charge in [0.05, 0.1) is 46.2 Å². The number of hydrogen-bond acceptors (Lipinski definition) is 12. The highest BCUT2D eigenvalue weighted by atomic mass is 16.5. The molecule has 0 aliphatic heterocycles. The standard InChI is InChI=1S/C17H37NO2.C14H31NO2.C12H28N2O.C9H22N2.C8H19N/c1-16(2,3)10-7-8-12-19-14-15-20-13-9-11-18-17(4,5)6;1-13(2,3)7-9-16-11-12-17-10-8-15-14(4,5)6;1-11(2,3)13-7-9-15-10-8-14-12(4,5)6;1-8(2,3)10-7-11-9(4,5)6;1-7(2)6-9-8(3,4)5/h18H,7-15H2,1-6H3;15H,7-12H2,1-6H3;13-14H,7-10H2,1-6H3;10-11H,7H2,1-6H3;7,9H,6H2,1-5H3. The molecule has 0 fully saturated rings. The van der Waals surface area contributed by atoms with E-state index in [1.54, 1.807) is 0 Å². The largest absolute Gasteiger partial charge is 0.379 e. The molecule has 0 amide bonds. The van der Waals surface area contributed by atoms with Gasteiger partial charge in [-0.25, -0.2) is 0 Å². The van der Waals surface area contributed by atoms with Crippen LogP contribution in [-0.2, 0) is 23.7 Å². The van der Waals surface area contributed by atoms with Gasteiger partial charge >= 0.3 is 0 Å². The van der Waals surface area contributed by atoms with Gasteiger partial charge in [-0.2, -0.15) is 0 Å². The minimum Gasteiger partial charge on any atom is -0.379 e. The predicted octanol–water partition coefficient (Wildman–Crippen LogP) is 12.4. The molecule has 12 heteroatoms. The van der Waals surface area contributed by atoms with Crippen molar-refractivity contribution in [2.24, 2.45) is 16.7 Å². The number of nitrogens with one attached hydrogen (secondary N) is 7. The lowest BCUT2D eigenvalue weighted by Crippen LogP contribution is -2.48.